The van der Waals surface area contributed by atoms with Crippen LogP contribution in [0, 0.1) is 12.3 Å². The van der Waals surface area contributed by atoms with Crippen molar-refractivity contribution in [1.29, 1.82) is 0 Å². The molecular formula is C19H24N4O. The number of hydrogen-bond donors (Lipinski definition) is 2. The highest BCUT2D eigenvalue weighted by Gasteiger charge is 2.39. The minimum Gasteiger partial charge on any atom is -0.382 e. The van der Waals surface area contributed by atoms with E-state index in [1.165, 1.54) is 11.3 Å². The predicted octanol–water partition coefficient (Wildman–Crippen LogP) is 3.28. The van der Waals surface area contributed by atoms with Gasteiger partial charge in [0.1, 0.15) is 0 Å². The Morgan fingerprint density at radius 3 is 3.00 bits per heavy atom. The first-order chi connectivity index (χ1) is 11.7. The van der Waals surface area contributed by atoms with Crippen molar-refractivity contribution in [2.75, 3.05) is 11.9 Å². The molecule has 2 aliphatic rings. The normalized spacial score (nSPS) is 19.7. The molecule has 0 saturated carbocycles. The Bertz CT molecular complexity index is 656. The van der Waals surface area contributed by atoms with E-state index in [2.05, 4.69) is 51.0 Å². The maximum atomic E-state index is 12.0. The summed E-state index contributed by atoms with van der Waals surface area (Å²) in [5, 5.41) is 14.7. The van der Waals surface area contributed by atoms with Crippen LogP contribution in [0.25, 0.3) is 0 Å². The van der Waals surface area contributed by atoms with Crippen LogP contribution in [-0.2, 0) is 11.2 Å². The van der Waals surface area contributed by atoms with Gasteiger partial charge in [0.2, 0.25) is 5.91 Å². The number of nitrogens with zero attached hydrogens (tertiary/aromatic N) is 2. The number of para-hydroxylation sites is 1. The molecule has 0 spiro atoms. The Kier molecular flexibility index (Phi) is 5.14. The van der Waals surface area contributed by atoms with Gasteiger partial charge in [-0.05, 0) is 30.9 Å². The standard InChI is InChI=1S/C19H24N4O/c1-2-3-12-19(22-23-19)13-10-18(24)20-14-11-16-9-8-15-6-4-5-7-17(15)21-16/h1,4-7,16,21H,3,8-14H2,(H,20,24). The van der Waals surface area contributed by atoms with Crippen LogP contribution in [0.3, 0.4) is 0 Å². The zero-order valence-corrected chi connectivity index (χ0v) is 13.9. The third-order valence-electron chi connectivity index (χ3n) is 4.76. The number of carbonyl (C=O) groups excluding carboxylic acids is 1. The van der Waals surface area contributed by atoms with Crippen LogP contribution in [-0.4, -0.2) is 24.2 Å². The van der Waals surface area contributed by atoms with E-state index in [1.54, 1.807) is 0 Å². The minimum atomic E-state index is -0.363. The number of terminal acetylenes is 1. The molecule has 126 valence electrons. The molecule has 24 heavy (non-hydrogen) atoms. The molecule has 0 aliphatic carbocycles. The highest BCUT2D eigenvalue weighted by molar-refractivity contribution is 5.76. The average Bonchev–Trinajstić information content (AvgIpc) is 3.38. The summed E-state index contributed by atoms with van der Waals surface area (Å²) >= 11 is 0. The van der Waals surface area contributed by atoms with E-state index in [0.717, 1.165) is 25.7 Å². The first-order valence-electron chi connectivity index (χ1n) is 8.69. The molecular weight excluding hydrogens is 300 g/mol. The van der Waals surface area contributed by atoms with Crippen LogP contribution in [0.4, 0.5) is 5.69 Å². The Morgan fingerprint density at radius 2 is 2.21 bits per heavy atom. The molecule has 0 aromatic heterocycles. The fourth-order valence-electron chi connectivity index (χ4n) is 3.17. The summed E-state index contributed by atoms with van der Waals surface area (Å²) in [7, 11) is 0. The number of fused-ring (bicyclic) bond motifs is 1. The summed E-state index contributed by atoms with van der Waals surface area (Å²) in [6, 6.07) is 8.86. The number of rotatable bonds is 8. The van der Waals surface area contributed by atoms with Crippen molar-refractivity contribution in [1.82, 2.24) is 5.32 Å². The SMILES string of the molecule is C#CCCC1(CCC(=O)NCCC2CCc3ccccc3N2)N=N1. The molecule has 2 heterocycles. The van der Waals surface area contributed by atoms with Crippen LogP contribution in [0.1, 0.15) is 44.1 Å². The molecule has 3 rings (SSSR count). The lowest BCUT2D eigenvalue weighted by molar-refractivity contribution is -0.121. The first kappa shape index (κ1) is 16.5. The number of amides is 1. The molecule has 1 amide bonds. The second kappa shape index (κ2) is 7.48. The molecule has 0 bridgehead atoms. The predicted molar refractivity (Wildman–Crippen MR) is 94.7 cm³/mol. The van der Waals surface area contributed by atoms with Crippen molar-refractivity contribution in [3.05, 3.63) is 29.8 Å². The van der Waals surface area contributed by atoms with Gasteiger partial charge < -0.3 is 10.6 Å². The molecule has 1 unspecified atom stereocenters. The van der Waals surface area contributed by atoms with Gasteiger partial charge in [0.25, 0.3) is 0 Å². The summed E-state index contributed by atoms with van der Waals surface area (Å²) in [5.74, 6) is 2.67. The van der Waals surface area contributed by atoms with E-state index in [1.807, 2.05) is 0 Å². The van der Waals surface area contributed by atoms with Crippen LogP contribution in [0.5, 0.6) is 0 Å². The van der Waals surface area contributed by atoms with Crippen molar-refractivity contribution in [3.8, 4) is 12.3 Å². The van der Waals surface area contributed by atoms with Crippen LogP contribution in [0.15, 0.2) is 34.5 Å². The number of carbonyl (C=O) groups is 1. The van der Waals surface area contributed by atoms with Gasteiger partial charge in [0, 0.05) is 44.0 Å². The molecule has 2 N–H and O–H groups in total. The number of aryl methyl sites for hydroxylation is 1. The van der Waals surface area contributed by atoms with Gasteiger partial charge in [-0.1, -0.05) is 18.2 Å². The van der Waals surface area contributed by atoms with Crippen LogP contribution >= 0.6 is 0 Å². The maximum absolute atomic E-state index is 12.0. The fourth-order valence-corrected chi connectivity index (χ4v) is 3.17. The second-order valence-corrected chi connectivity index (χ2v) is 6.56. The lowest BCUT2D eigenvalue weighted by Gasteiger charge is -2.27. The summed E-state index contributed by atoms with van der Waals surface area (Å²) in [5.41, 5.74) is 2.25. The lowest BCUT2D eigenvalue weighted by atomic mass is 9.96. The average molecular weight is 324 g/mol. The lowest BCUT2D eigenvalue weighted by Crippen LogP contribution is -2.32. The van der Waals surface area contributed by atoms with Crippen molar-refractivity contribution >= 4 is 11.6 Å². The Hall–Kier alpha value is -2.35. The Labute approximate surface area is 143 Å². The topological polar surface area (TPSA) is 65.8 Å². The van der Waals surface area contributed by atoms with Crippen molar-refractivity contribution in [3.63, 3.8) is 0 Å². The summed E-state index contributed by atoms with van der Waals surface area (Å²) in [4.78, 5) is 12.0. The van der Waals surface area contributed by atoms with Crippen LogP contribution < -0.4 is 10.6 Å². The molecule has 1 atom stereocenters. The van der Waals surface area contributed by atoms with E-state index in [-0.39, 0.29) is 11.6 Å². The maximum Gasteiger partial charge on any atom is 0.220 e. The van der Waals surface area contributed by atoms with Crippen LogP contribution in [0.2, 0.25) is 0 Å². The summed E-state index contributed by atoms with van der Waals surface area (Å²) < 4.78 is 0. The van der Waals surface area contributed by atoms with Gasteiger partial charge in [-0.15, -0.1) is 12.3 Å². The van der Waals surface area contributed by atoms with Gasteiger partial charge >= 0.3 is 0 Å². The Balaban J connectivity index is 1.32. The van der Waals surface area contributed by atoms with Crippen molar-refractivity contribution in [2.24, 2.45) is 10.2 Å². The molecule has 2 aliphatic heterocycles. The Morgan fingerprint density at radius 1 is 1.38 bits per heavy atom. The van der Waals surface area contributed by atoms with E-state index >= 15 is 0 Å². The molecule has 0 radical (unpaired) electrons. The molecule has 5 heteroatoms. The van der Waals surface area contributed by atoms with E-state index in [4.69, 9.17) is 6.42 Å². The zero-order chi connectivity index (χ0) is 16.8. The quantitative estimate of drug-likeness (QED) is 0.721. The highest BCUT2D eigenvalue weighted by atomic mass is 16.1. The van der Waals surface area contributed by atoms with Gasteiger partial charge in [-0.3, -0.25) is 4.79 Å². The smallest absolute Gasteiger partial charge is 0.220 e. The zero-order valence-electron chi connectivity index (χ0n) is 13.9. The number of benzene rings is 1. The summed E-state index contributed by atoms with van der Waals surface area (Å²) in [6.07, 6.45) is 10.9. The molecule has 0 fully saturated rings. The third kappa shape index (κ3) is 4.35. The summed E-state index contributed by atoms with van der Waals surface area (Å²) in [6.45, 7) is 0.699. The van der Waals surface area contributed by atoms with Gasteiger partial charge in [-0.25, -0.2) is 0 Å². The van der Waals surface area contributed by atoms with E-state index < -0.39 is 0 Å². The molecule has 5 nitrogen and oxygen atoms in total. The largest absolute Gasteiger partial charge is 0.382 e. The number of anilines is 1. The second-order valence-electron chi connectivity index (χ2n) is 6.56. The highest BCUT2D eigenvalue weighted by Crippen LogP contribution is 2.37. The van der Waals surface area contributed by atoms with E-state index in [9.17, 15) is 4.79 Å². The number of hydrogen-bond acceptors (Lipinski definition) is 4. The first-order valence-corrected chi connectivity index (χ1v) is 8.69. The van der Waals surface area contributed by atoms with E-state index in [0.29, 0.717) is 31.8 Å². The molecule has 1 aromatic carbocycles. The van der Waals surface area contributed by atoms with Crippen molar-refractivity contribution < 1.29 is 4.79 Å². The number of nitrogens with one attached hydrogen (secondary N) is 2. The minimum absolute atomic E-state index is 0.0728. The van der Waals surface area contributed by atoms with Gasteiger partial charge in [0.15, 0.2) is 5.66 Å². The monoisotopic (exact) mass is 324 g/mol. The molecule has 1 aromatic rings. The third-order valence-corrected chi connectivity index (χ3v) is 4.76. The van der Waals surface area contributed by atoms with Gasteiger partial charge in [-0.2, -0.15) is 10.2 Å². The fraction of sp³-hybridized carbons (Fsp3) is 0.526. The molecule has 0 saturated heterocycles. The van der Waals surface area contributed by atoms with Crippen molar-refractivity contribution in [2.45, 2.75) is 56.7 Å². The van der Waals surface area contributed by atoms with Gasteiger partial charge in [0.05, 0.1) is 0 Å².